The Morgan fingerprint density at radius 1 is 0.792 bits per heavy atom. The minimum Gasteiger partial charge on any atom is -0.450 e. The number of carbonyl (C=O) groups is 2. The Hall–Kier alpha value is -2.70. The summed E-state index contributed by atoms with van der Waals surface area (Å²) in [6.07, 6.45) is 5.38. The van der Waals surface area contributed by atoms with Gasteiger partial charge in [-0.1, -0.05) is 12.8 Å². The van der Waals surface area contributed by atoms with Crippen LogP contribution in [0.25, 0.3) is 0 Å². The van der Waals surface area contributed by atoms with Crippen molar-refractivity contribution in [3.8, 4) is 0 Å². The summed E-state index contributed by atoms with van der Waals surface area (Å²) in [4.78, 5) is 45.3. The maximum atomic E-state index is 9.63. The minimum absolute atomic E-state index is 0.356. The fourth-order valence-corrected chi connectivity index (χ4v) is 1.11. The topological polar surface area (TPSA) is 164 Å². The second-order valence-corrected chi connectivity index (χ2v) is 3.86. The highest BCUT2D eigenvalue weighted by Gasteiger charge is 1.87. The van der Waals surface area contributed by atoms with Crippen molar-refractivity contribution in [3.63, 3.8) is 0 Å². The van der Waals surface area contributed by atoms with Gasteiger partial charge in [-0.3, -0.25) is 0 Å². The van der Waals surface area contributed by atoms with Crippen LogP contribution in [0.5, 0.6) is 0 Å². The first-order valence-electron chi connectivity index (χ1n) is 7.37. The Bertz CT molecular complexity index is 366. The highest BCUT2D eigenvalue weighted by Crippen LogP contribution is 1.99. The van der Waals surface area contributed by atoms with Crippen molar-refractivity contribution >= 4 is 24.3 Å². The largest absolute Gasteiger partial charge is 0.450 e. The van der Waals surface area contributed by atoms with E-state index >= 15 is 0 Å². The van der Waals surface area contributed by atoms with E-state index in [1.54, 1.807) is 13.8 Å². The van der Waals surface area contributed by atoms with Gasteiger partial charge in [-0.25, -0.2) is 29.2 Å². The van der Waals surface area contributed by atoms with Crippen LogP contribution in [0.15, 0.2) is 9.98 Å². The van der Waals surface area contributed by atoms with Gasteiger partial charge in [-0.15, -0.1) is 0 Å². The second kappa shape index (κ2) is 25.3. The molecule has 138 valence electrons. The van der Waals surface area contributed by atoms with Gasteiger partial charge in [0, 0.05) is 0 Å². The van der Waals surface area contributed by atoms with Crippen molar-refractivity contribution in [2.45, 2.75) is 39.5 Å². The summed E-state index contributed by atoms with van der Waals surface area (Å²) in [7, 11) is 0. The molecule has 10 nitrogen and oxygen atoms in total. The van der Waals surface area contributed by atoms with Gasteiger partial charge < -0.3 is 20.9 Å². The van der Waals surface area contributed by atoms with Crippen molar-refractivity contribution in [1.82, 2.24) is 0 Å². The van der Waals surface area contributed by atoms with Gasteiger partial charge in [0.2, 0.25) is 12.2 Å². The molecule has 0 radical (unpaired) electrons. The number of amides is 2. The zero-order valence-corrected chi connectivity index (χ0v) is 14.2. The van der Waals surface area contributed by atoms with E-state index in [9.17, 15) is 19.2 Å². The first-order valence-corrected chi connectivity index (χ1v) is 7.37. The predicted molar refractivity (Wildman–Crippen MR) is 86.9 cm³/mol. The molecule has 24 heavy (non-hydrogen) atoms. The lowest BCUT2D eigenvalue weighted by Gasteiger charge is -1.93. The predicted octanol–water partition coefficient (Wildman–Crippen LogP) is 1.42. The van der Waals surface area contributed by atoms with Gasteiger partial charge in [-0.2, -0.15) is 0 Å². The van der Waals surface area contributed by atoms with Crippen LogP contribution < -0.4 is 11.5 Å². The molecule has 0 aromatic heterocycles. The molecule has 4 N–H and O–H groups in total. The Kier molecular flexibility index (Phi) is 27.6. The quantitative estimate of drug-likeness (QED) is 0.364. The zero-order chi connectivity index (χ0) is 19.1. The van der Waals surface area contributed by atoms with Gasteiger partial charge in [0.1, 0.15) is 0 Å². The summed E-state index contributed by atoms with van der Waals surface area (Å²) in [6, 6.07) is 0. The molecule has 0 fully saturated rings. The van der Waals surface area contributed by atoms with Crippen molar-refractivity contribution in [3.05, 3.63) is 0 Å². The van der Waals surface area contributed by atoms with E-state index in [4.69, 9.17) is 0 Å². The van der Waals surface area contributed by atoms with E-state index in [-0.39, 0.29) is 0 Å². The number of primary amides is 2. The maximum absolute atomic E-state index is 9.63. The zero-order valence-electron chi connectivity index (χ0n) is 14.2. The van der Waals surface area contributed by atoms with E-state index in [1.807, 2.05) is 0 Å². The normalized spacial score (nSPS) is 7.92. The number of aliphatic imine (C=N–C) groups is 2. The van der Waals surface area contributed by atoms with Gasteiger partial charge in [0.25, 0.3) is 0 Å². The number of isocyanates is 2. The second-order valence-electron chi connectivity index (χ2n) is 3.86. The van der Waals surface area contributed by atoms with Gasteiger partial charge in [0.15, 0.2) is 0 Å². The molecular weight excluding hydrogens is 320 g/mol. The average molecular weight is 346 g/mol. The smallest absolute Gasteiger partial charge is 0.404 e. The standard InChI is InChI=1S/C8H12N2O2.2C3H7NO2/c11-7-9-5-3-1-2-4-6-10-8-12;2*1-2-6-3(4)5/h1-6H2;2*2H2,1H3,(H2,4,5). The fraction of sp³-hybridized carbons (Fsp3) is 0.714. The third kappa shape index (κ3) is 42.7. The van der Waals surface area contributed by atoms with Crippen molar-refractivity contribution < 1.29 is 28.7 Å². The molecule has 0 rings (SSSR count). The number of carbonyl (C=O) groups excluding carboxylic acids is 4. The lowest BCUT2D eigenvalue weighted by atomic mass is 10.2. The monoisotopic (exact) mass is 346 g/mol. The van der Waals surface area contributed by atoms with Crippen LogP contribution in [0.3, 0.4) is 0 Å². The molecule has 0 bridgehead atoms. The minimum atomic E-state index is -0.711. The third-order valence-corrected chi connectivity index (χ3v) is 1.99. The number of unbranched alkanes of at least 4 members (excludes halogenated alkanes) is 3. The van der Waals surface area contributed by atoms with Gasteiger partial charge in [0.05, 0.1) is 26.3 Å². The summed E-state index contributed by atoms with van der Waals surface area (Å²) >= 11 is 0. The summed E-state index contributed by atoms with van der Waals surface area (Å²) < 4.78 is 8.36. The van der Waals surface area contributed by atoms with Crippen molar-refractivity contribution in [2.24, 2.45) is 21.5 Å². The van der Waals surface area contributed by atoms with Crippen LogP contribution in [0, 0.1) is 0 Å². The molecule has 0 aromatic rings. The molecule has 0 saturated carbocycles. The average Bonchev–Trinajstić information content (AvgIpc) is 2.51. The summed E-state index contributed by atoms with van der Waals surface area (Å²) in [5, 5.41) is 0. The van der Waals surface area contributed by atoms with Crippen LogP contribution in [0.2, 0.25) is 0 Å². The third-order valence-electron chi connectivity index (χ3n) is 1.99. The first kappa shape index (κ1) is 26.2. The molecule has 0 atom stereocenters. The van der Waals surface area contributed by atoms with Crippen molar-refractivity contribution in [1.29, 1.82) is 0 Å². The van der Waals surface area contributed by atoms with Crippen molar-refractivity contribution in [2.75, 3.05) is 26.3 Å². The highest BCUT2D eigenvalue weighted by molar-refractivity contribution is 5.64. The Labute approximate surface area is 141 Å². The lowest BCUT2D eigenvalue weighted by molar-refractivity contribution is 0.162. The molecule has 0 aromatic carbocycles. The summed E-state index contributed by atoms with van der Waals surface area (Å²) in [5.41, 5.74) is 9.08. The molecular formula is C14H26N4O6. The van der Waals surface area contributed by atoms with E-state index in [0.29, 0.717) is 26.3 Å². The molecule has 0 aliphatic carbocycles. The highest BCUT2D eigenvalue weighted by atomic mass is 16.5. The maximum Gasteiger partial charge on any atom is 0.404 e. The van der Waals surface area contributed by atoms with E-state index in [1.165, 1.54) is 12.2 Å². The SMILES string of the molecule is CCOC(N)=O.CCOC(N)=O.O=C=NCCCCCCN=C=O. The van der Waals surface area contributed by atoms with E-state index < -0.39 is 12.2 Å². The lowest BCUT2D eigenvalue weighted by Crippen LogP contribution is -2.11. The number of nitrogens with two attached hydrogens (primary N) is 2. The fourth-order valence-electron chi connectivity index (χ4n) is 1.11. The molecule has 0 saturated heterocycles. The van der Waals surface area contributed by atoms with Gasteiger partial charge >= 0.3 is 12.2 Å². The molecule has 0 aliphatic heterocycles. The first-order chi connectivity index (χ1) is 11.5. The van der Waals surface area contributed by atoms with Crippen LogP contribution >= 0.6 is 0 Å². The number of rotatable bonds is 9. The molecule has 0 unspecified atom stereocenters. The van der Waals surface area contributed by atoms with Crippen LogP contribution in [0.1, 0.15) is 39.5 Å². The van der Waals surface area contributed by atoms with E-state index in [0.717, 1.165) is 25.7 Å². The van der Waals surface area contributed by atoms with Crippen LogP contribution in [0.4, 0.5) is 9.59 Å². The number of ether oxygens (including phenoxy) is 2. The summed E-state index contributed by atoms with van der Waals surface area (Å²) in [6.45, 7) is 5.22. The van der Waals surface area contributed by atoms with Crippen LogP contribution in [-0.4, -0.2) is 50.6 Å². The van der Waals surface area contributed by atoms with Crippen LogP contribution in [-0.2, 0) is 19.1 Å². The number of hydrogen-bond acceptors (Lipinski definition) is 8. The molecule has 0 aliphatic rings. The molecule has 0 heterocycles. The Morgan fingerprint density at radius 3 is 1.29 bits per heavy atom. The summed E-state index contributed by atoms with van der Waals surface area (Å²) in [5.74, 6) is 0. The number of hydrogen-bond donors (Lipinski definition) is 2. The van der Waals surface area contributed by atoms with E-state index in [2.05, 4.69) is 30.9 Å². The Morgan fingerprint density at radius 2 is 1.12 bits per heavy atom. The van der Waals surface area contributed by atoms with Gasteiger partial charge in [-0.05, 0) is 26.7 Å². The Balaban J connectivity index is -0.000000309. The molecule has 2 amide bonds. The molecule has 10 heteroatoms. The number of nitrogens with zero attached hydrogens (tertiary/aromatic N) is 2. The molecule has 0 spiro atoms.